The summed E-state index contributed by atoms with van der Waals surface area (Å²) in [4.78, 5) is 10.6. The lowest BCUT2D eigenvalue weighted by Gasteiger charge is -2.19. The fourth-order valence-corrected chi connectivity index (χ4v) is 0.746. The number of aliphatic hydroxyl groups is 4. The van der Waals surface area contributed by atoms with Crippen molar-refractivity contribution in [3.8, 4) is 0 Å². The highest BCUT2D eigenvalue weighted by atomic mass is 35.5. The molecule has 0 saturated heterocycles. The average molecular weight is 199 g/mol. The molecule has 0 aliphatic rings. The van der Waals surface area contributed by atoms with E-state index in [0.29, 0.717) is 0 Å². The van der Waals surface area contributed by atoms with Crippen molar-refractivity contribution in [2.24, 2.45) is 0 Å². The third-order valence-electron chi connectivity index (χ3n) is 1.37. The van der Waals surface area contributed by atoms with Crippen molar-refractivity contribution in [3.05, 3.63) is 0 Å². The van der Waals surface area contributed by atoms with Crippen LogP contribution in [0.5, 0.6) is 0 Å². The Morgan fingerprint density at radius 1 is 1.33 bits per heavy atom. The van der Waals surface area contributed by atoms with Crippen molar-refractivity contribution < 1.29 is 25.2 Å². The monoisotopic (exact) mass is 198 g/mol. The Morgan fingerprint density at radius 3 is 2.17 bits per heavy atom. The predicted octanol–water partition coefficient (Wildman–Crippen LogP) is -2.13. The SMILES string of the molecule is O=C(CCl)[C@@H](O)[C@H](O)[C@H](O)CO. The van der Waals surface area contributed by atoms with E-state index in [4.69, 9.17) is 32.0 Å². The van der Waals surface area contributed by atoms with E-state index in [1.165, 1.54) is 0 Å². The number of hydrogen-bond acceptors (Lipinski definition) is 5. The molecular formula is C6H11ClO5. The Hall–Kier alpha value is -0.200. The highest BCUT2D eigenvalue weighted by Crippen LogP contribution is 2.01. The van der Waals surface area contributed by atoms with Gasteiger partial charge in [-0.15, -0.1) is 11.6 Å². The summed E-state index contributed by atoms with van der Waals surface area (Å²) in [6.45, 7) is -0.728. The van der Waals surface area contributed by atoms with Crippen LogP contribution in [-0.2, 0) is 4.79 Å². The molecule has 0 amide bonds. The number of alkyl halides is 1. The van der Waals surface area contributed by atoms with Crippen molar-refractivity contribution in [2.75, 3.05) is 12.5 Å². The maximum Gasteiger partial charge on any atom is 0.178 e. The molecule has 12 heavy (non-hydrogen) atoms. The van der Waals surface area contributed by atoms with Crippen LogP contribution in [0.15, 0.2) is 0 Å². The molecule has 0 saturated carbocycles. The lowest BCUT2D eigenvalue weighted by molar-refractivity contribution is -0.137. The molecule has 0 aliphatic carbocycles. The van der Waals surface area contributed by atoms with Gasteiger partial charge in [-0.3, -0.25) is 4.79 Å². The average Bonchev–Trinajstić information content (AvgIpc) is 2.12. The van der Waals surface area contributed by atoms with Crippen LogP contribution >= 0.6 is 11.6 Å². The molecule has 6 heteroatoms. The summed E-state index contributed by atoms with van der Waals surface area (Å²) < 4.78 is 0. The topological polar surface area (TPSA) is 98.0 Å². The van der Waals surface area contributed by atoms with Gasteiger partial charge in [-0.1, -0.05) is 0 Å². The molecular weight excluding hydrogens is 188 g/mol. The van der Waals surface area contributed by atoms with Gasteiger partial charge in [0.25, 0.3) is 0 Å². The first-order valence-corrected chi connectivity index (χ1v) is 3.81. The maximum atomic E-state index is 10.6. The van der Waals surface area contributed by atoms with Crippen LogP contribution in [0.2, 0.25) is 0 Å². The number of carbonyl (C=O) groups excluding carboxylic acids is 1. The third kappa shape index (κ3) is 3.04. The first-order valence-electron chi connectivity index (χ1n) is 3.28. The summed E-state index contributed by atoms with van der Waals surface area (Å²) in [5, 5.41) is 35.0. The van der Waals surface area contributed by atoms with Crippen LogP contribution in [0.1, 0.15) is 0 Å². The molecule has 0 fully saturated rings. The fraction of sp³-hybridized carbons (Fsp3) is 0.833. The van der Waals surface area contributed by atoms with E-state index in [0.717, 1.165) is 0 Å². The lowest BCUT2D eigenvalue weighted by Crippen LogP contribution is -2.44. The molecule has 0 rings (SSSR count). The van der Waals surface area contributed by atoms with Gasteiger partial charge in [0, 0.05) is 0 Å². The van der Waals surface area contributed by atoms with Crippen LogP contribution in [0.25, 0.3) is 0 Å². The largest absolute Gasteiger partial charge is 0.394 e. The summed E-state index contributed by atoms with van der Waals surface area (Å²) in [6.07, 6.45) is -4.97. The Kier molecular flexibility index (Phi) is 5.36. The minimum atomic E-state index is -1.75. The van der Waals surface area contributed by atoms with E-state index in [9.17, 15) is 4.79 Å². The van der Waals surface area contributed by atoms with Gasteiger partial charge in [0.1, 0.15) is 18.3 Å². The van der Waals surface area contributed by atoms with Gasteiger partial charge in [-0.05, 0) is 0 Å². The Morgan fingerprint density at radius 2 is 1.83 bits per heavy atom. The minimum absolute atomic E-state index is 0.448. The third-order valence-corrected chi connectivity index (χ3v) is 1.63. The second-order valence-corrected chi connectivity index (χ2v) is 2.55. The van der Waals surface area contributed by atoms with E-state index in [2.05, 4.69) is 0 Å². The predicted molar refractivity (Wildman–Crippen MR) is 40.8 cm³/mol. The molecule has 0 aromatic carbocycles. The quantitative estimate of drug-likeness (QED) is 0.379. The van der Waals surface area contributed by atoms with Crippen LogP contribution in [-0.4, -0.2) is 57.0 Å². The van der Waals surface area contributed by atoms with Crippen molar-refractivity contribution in [1.82, 2.24) is 0 Å². The molecule has 0 aromatic rings. The number of aliphatic hydroxyl groups excluding tert-OH is 4. The molecule has 72 valence electrons. The molecule has 0 unspecified atom stereocenters. The molecule has 3 atom stereocenters. The Labute approximate surface area is 74.2 Å². The van der Waals surface area contributed by atoms with Gasteiger partial charge < -0.3 is 20.4 Å². The van der Waals surface area contributed by atoms with Gasteiger partial charge in [0.05, 0.1) is 12.5 Å². The van der Waals surface area contributed by atoms with Crippen molar-refractivity contribution >= 4 is 17.4 Å². The van der Waals surface area contributed by atoms with Gasteiger partial charge in [-0.25, -0.2) is 0 Å². The fourth-order valence-electron chi connectivity index (χ4n) is 0.588. The number of hydrogen-bond donors (Lipinski definition) is 4. The standard InChI is InChI=1S/C6H11ClO5/c7-1-3(9)5(11)6(12)4(10)2-8/h4-6,8,10-12H,1-2H2/t4-,5-,6-/m1/s1. The molecule has 0 spiro atoms. The number of carbonyl (C=O) groups is 1. The van der Waals surface area contributed by atoms with Crippen molar-refractivity contribution in [2.45, 2.75) is 18.3 Å². The molecule has 0 bridgehead atoms. The van der Waals surface area contributed by atoms with Crippen LogP contribution in [0.4, 0.5) is 0 Å². The summed E-state index contributed by atoms with van der Waals surface area (Å²) in [6, 6.07) is 0. The smallest absolute Gasteiger partial charge is 0.178 e. The summed E-state index contributed by atoms with van der Waals surface area (Å²) >= 11 is 5.07. The van der Waals surface area contributed by atoms with Crippen LogP contribution in [0.3, 0.4) is 0 Å². The first-order chi connectivity index (χ1) is 5.54. The molecule has 4 N–H and O–H groups in total. The Balaban J connectivity index is 4.08. The zero-order valence-corrected chi connectivity index (χ0v) is 6.98. The van der Waals surface area contributed by atoms with Crippen LogP contribution < -0.4 is 0 Å². The summed E-state index contributed by atoms with van der Waals surface area (Å²) in [5.74, 6) is -1.24. The number of ketones is 1. The van der Waals surface area contributed by atoms with E-state index in [-0.39, 0.29) is 0 Å². The lowest BCUT2D eigenvalue weighted by atomic mass is 10.1. The van der Waals surface area contributed by atoms with E-state index in [1.807, 2.05) is 0 Å². The van der Waals surface area contributed by atoms with Gasteiger partial charge >= 0.3 is 0 Å². The van der Waals surface area contributed by atoms with Gasteiger partial charge in [0.15, 0.2) is 5.78 Å². The molecule has 0 aromatic heterocycles. The van der Waals surface area contributed by atoms with Crippen LogP contribution in [0, 0.1) is 0 Å². The molecule has 5 nitrogen and oxygen atoms in total. The number of Topliss-reactive ketones (excluding diaryl/α,β-unsaturated/α-hetero) is 1. The highest BCUT2D eigenvalue weighted by molar-refractivity contribution is 6.28. The number of halogens is 1. The summed E-state index contributed by atoms with van der Waals surface area (Å²) in [7, 11) is 0. The second kappa shape index (κ2) is 5.45. The van der Waals surface area contributed by atoms with Crippen molar-refractivity contribution in [3.63, 3.8) is 0 Å². The highest BCUT2D eigenvalue weighted by Gasteiger charge is 2.28. The second-order valence-electron chi connectivity index (χ2n) is 2.29. The zero-order valence-electron chi connectivity index (χ0n) is 6.22. The first kappa shape index (κ1) is 11.8. The Bertz CT molecular complexity index is 151. The van der Waals surface area contributed by atoms with Gasteiger partial charge in [0.2, 0.25) is 0 Å². The summed E-state index contributed by atoms with van der Waals surface area (Å²) in [5.41, 5.74) is 0. The van der Waals surface area contributed by atoms with Gasteiger partial charge in [-0.2, -0.15) is 0 Å². The molecule has 0 heterocycles. The maximum absolute atomic E-state index is 10.6. The minimum Gasteiger partial charge on any atom is -0.394 e. The van der Waals surface area contributed by atoms with E-state index < -0.39 is 36.6 Å². The zero-order chi connectivity index (χ0) is 9.72. The van der Waals surface area contributed by atoms with Crippen molar-refractivity contribution in [1.29, 1.82) is 0 Å². The van der Waals surface area contributed by atoms with E-state index >= 15 is 0 Å². The molecule has 0 radical (unpaired) electrons. The normalized spacial score (nSPS) is 18.4. The molecule has 0 aliphatic heterocycles. The van der Waals surface area contributed by atoms with E-state index in [1.54, 1.807) is 0 Å². The number of rotatable bonds is 5.